The minimum absolute atomic E-state index is 0.0362. The number of carbonyl (C=O) groups excluding carboxylic acids is 2. The summed E-state index contributed by atoms with van der Waals surface area (Å²) in [4.78, 5) is 44.0. The Morgan fingerprint density at radius 2 is 1.88 bits per heavy atom. The van der Waals surface area contributed by atoms with Crippen LogP contribution in [0.25, 0.3) is 0 Å². The highest BCUT2D eigenvalue weighted by molar-refractivity contribution is 5.96. The number of carboxylic acid groups (broad SMARTS) is 1. The molecule has 0 unspecified atom stereocenters. The SMILES string of the molecule is C#C[C@@]1(O)CC[C@H]2[C@@H]3CCC4=C/C(=N/OCC(=O)N[C@H](C(=O)N5C[C@H](O)C[C@@H]5C(=O)O)C(C)C)CC[C@]4(C)[C@H]3CC[C@@]21C. The number of aliphatic carboxylic acids is 1. The van der Waals surface area contributed by atoms with Gasteiger partial charge in [0, 0.05) is 18.4 Å². The van der Waals surface area contributed by atoms with Crippen LogP contribution in [-0.4, -0.2) is 80.7 Å². The van der Waals surface area contributed by atoms with E-state index in [-0.39, 0.29) is 36.3 Å². The van der Waals surface area contributed by atoms with Crippen molar-refractivity contribution in [3.8, 4) is 12.3 Å². The predicted octanol–water partition coefficient (Wildman–Crippen LogP) is 2.87. The number of amides is 2. The first-order valence-corrected chi connectivity index (χ1v) is 15.8. The zero-order valence-corrected chi connectivity index (χ0v) is 25.8. The van der Waals surface area contributed by atoms with E-state index in [0.717, 1.165) is 55.6 Å². The second kappa shape index (κ2) is 11.6. The van der Waals surface area contributed by atoms with E-state index in [4.69, 9.17) is 11.3 Å². The van der Waals surface area contributed by atoms with E-state index < -0.39 is 41.6 Å². The summed E-state index contributed by atoms with van der Waals surface area (Å²) in [6.07, 6.45) is 14.4. The van der Waals surface area contributed by atoms with Gasteiger partial charge in [0.25, 0.3) is 5.91 Å². The van der Waals surface area contributed by atoms with Gasteiger partial charge < -0.3 is 30.4 Å². The van der Waals surface area contributed by atoms with Crippen molar-refractivity contribution in [2.24, 2.45) is 39.7 Å². The molecule has 0 aromatic carbocycles. The van der Waals surface area contributed by atoms with Crippen LogP contribution in [0.1, 0.15) is 85.5 Å². The van der Waals surface area contributed by atoms with Gasteiger partial charge >= 0.3 is 5.97 Å². The summed E-state index contributed by atoms with van der Waals surface area (Å²) < 4.78 is 0. The number of hydrogen-bond acceptors (Lipinski definition) is 7. The van der Waals surface area contributed by atoms with E-state index >= 15 is 0 Å². The molecule has 1 saturated heterocycles. The van der Waals surface area contributed by atoms with E-state index in [1.54, 1.807) is 13.8 Å². The van der Waals surface area contributed by atoms with Gasteiger partial charge in [-0.05, 0) is 86.5 Å². The van der Waals surface area contributed by atoms with Crippen LogP contribution in [0.4, 0.5) is 0 Å². The maximum absolute atomic E-state index is 13.1. The lowest BCUT2D eigenvalue weighted by Crippen LogP contribution is -2.54. The third kappa shape index (κ3) is 5.37. The number of β-amino-alcohol motifs (C(OH)–C–C–N with tert-alkyl or cyclic N) is 1. The molecule has 1 heterocycles. The number of likely N-dealkylation sites (tertiary alicyclic amines) is 1. The Kier molecular flexibility index (Phi) is 8.47. The minimum Gasteiger partial charge on any atom is -0.480 e. The molecule has 43 heavy (non-hydrogen) atoms. The molecule has 1 aliphatic heterocycles. The number of fused-ring (bicyclic) bond motifs is 5. The number of allylic oxidation sites excluding steroid dienone is 2. The summed E-state index contributed by atoms with van der Waals surface area (Å²) in [7, 11) is 0. The standard InChI is InChI=1S/C33H47N3O7/c1-6-33(42)14-11-25-23-8-7-20-15-21(9-12-31(20,4)24(23)10-13-32(25,33)5)35-43-18-27(38)34-28(19(2)3)29(39)36-17-22(37)16-26(36)30(40)41/h1,15,19,22-26,28,37,42H,7-14,16-18H2,2-5H3,(H,34,38)(H,40,41)/b35-21+/t22-,23-,24+,25+,26-,28+,31+,32+,33-/m1/s1. The summed E-state index contributed by atoms with van der Waals surface area (Å²) in [6.45, 7) is 7.66. The smallest absolute Gasteiger partial charge is 0.326 e. The first kappa shape index (κ1) is 31.5. The van der Waals surface area contributed by atoms with E-state index in [9.17, 15) is 29.7 Å². The average molecular weight is 598 g/mol. The first-order chi connectivity index (χ1) is 20.2. The fourth-order valence-electron chi connectivity index (χ4n) is 9.27. The van der Waals surface area contributed by atoms with Crippen molar-refractivity contribution in [3.05, 3.63) is 11.6 Å². The van der Waals surface area contributed by atoms with Crippen molar-refractivity contribution < 1.29 is 34.5 Å². The Morgan fingerprint density at radius 1 is 1.16 bits per heavy atom. The van der Waals surface area contributed by atoms with Crippen molar-refractivity contribution >= 4 is 23.5 Å². The van der Waals surface area contributed by atoms with E-state index in [2.05, 4.69) is 36.3 Å². The van der Waals surface area contributed by atoms with Crippen molar-refractivity contribution in [1.82, 2.24) is 10.2 Å². The minimum atomic E-state index is -1.18. The summed E-state index contributed by atoms with van der Waals surface area (Å²) in [6, 6.07) is -2.07. The molecule has 4 fully saturated rings. The van der Waals surface area contributed by atoms with Gasteiger partial charge in [-0.3, -0.25) is 9.59 Å². The zero-order chi connectivity index (χ0) is 31.3. The van der Waals surface area contributed by atoms with Crippen molar-refractivity contribution in [3.63, 3.8) is 0 Å². The van der Waals surface area contributed by atoms with Crippen LogP contribution in [0.2, 0.25) is 0 Å². The molecule has 4 aliphatic carbocycles. The number of terminal acetylenes is 1. The molecule has 236 valence electrons. The Labute approximate surface area is 254 Å². The average Bonchev–Trinajstić information content (AvgIpc) is 3.48. The van der Waals surface area contributed by atoms with Crippen LogP contribution in [0.15, 0.2) is 16.8 Å². The van der Waals surface area contributed by atoms with Crippen LogP contribution in [0.5, 0.6) is 0 Å². The van der Waals surface area contributed by atoms with Gasteiger partial charge in [-0.2, -0.15) is 0 Å². The number of aliphatic hydroxyl groups excluding tert-OH is 1. The van der Waals surface area contributed by atoms with Crippen molar-refractivity contribution in [1.29, 1.82) is 0 Å². The largest absolute Gasteiger partial charge is 0.480 e. The molecule has 0 spiro atoms. The highest BCUT2D eigenvalue weighted by Gasteiger charge is 2.63. The van der Waals surface area contributed by atoms with Crippen LogP contribution in [-0.2, 0) is 19.2 Å². The second-order valence-electron chi connectivity index (χ2n) is 14.4. The summed E-state index contributed by atoms with van der Waals surface area (Å²) in [5.41, 5.74) is 1.03. The molecule has 10 nitrogen and oxygen atoms in total. The maximum Gasteiger partial charge on any atom is 0.326 e. The maximum atomic E-state index is 13.1. The van der Waals surface area contributed by atoms with Crippen LogP contribution in [0.3, 0.4) is 0 Å². The van der Waals surface area contributed by atoms with Crippen molar-refractivity contribution in [2.75, 3.05) is 13.2 Å². The number of nitrogens with zero attached hydrogens (tertiary/aromatic N) is 2. The van der Waals surface area contributed by atoms with Gasteiger partial charge in [-0.25, -0.2) is 4.79 Å². The molecule has 4 N–H and O–H groups in total. The number of oxime groups is 1. The highest BCUT2D eigenvalue weighted by atomic mass is 16.6. The molecular formula is C33H47N3O7. The molecule has 5 rings (SSSR count). The summed E-state index contributed by atoms with van der Waals surface area (Å²) in [5, 5.41) is 37.6. The molecule has 3 saturated carbocycles. The molecule has 0 bridgehead atoms. The van der Waals surface area contributed by atoms with Gasteiger partial charge in [0.05, 0.1) is 11.8 Å². The number of carboxylic acids is 1. The Bertz CT molecular complexity index is 1260. The number of rotatable bonds is 7. The normalized spacial score (nSPS) is 40.1. The van der Waals surface area contributed by atoms with Crippen LogP contribution >= 0.6 is 0 Å². The number of hydrogen-bond donors (Lipinski definition) is 4. The predicted molar refractivity (Wildman–Crippen MR) is 159 cm³/mol. The third-order valence-electron chi connectivity index (χ3n) is 11.8. The molecule has 9 atom stereocenters. The summed E-state index contributed by atoms with van der Waals surface area (Å²) >= 11 is 0. The van der Waals surface area contributed by atoms with Crippen molar-refractivity contribution in [2.45, 2.75) is 109 Å². The fraction of sp³-hybridized carbons (Fsp3) is 0.758. The van der Waals surface area contributed by atoms with Gasteiger partial charge in [0.15, 0.2) is 6.61 Å². The number of nitrogens with one attached hydrogen (secondary N) is 1. The molecular weight excluding hydrogens is 550 g/mol. The van der Waals surface area contributed by atoms with Crippen LogP contribution in [0, 0.1) is 46.8 Å². The molecule has 0 radical (unpaired) electrons. The lowest BCUT2D eigenvalue weighted by molar-refractivity contribution is -0.150. The Hall–Kier alpha value is -2.90. The molecule has 0 aromatic rings. The van der Waals surface area contributed by atoms with Gasteiger partial charge in [-0.1, -0.05) is 44.3 Å². The first-order valence-electron chi connectivity index (χ1n) is 15.8. The molecule has 5 aliphatic rings. The fourth-order valence-corrected chi connectivity index (χ4v) is 9.27. The van der Waals surface area contributed by atoms with E-state index in [1.165, 1.54) is 5.57 Å². The molecule has 2 amide bonds. The quantitative estimate of drug-likeness (QED) is 0.261. The highest BCUT2D eigenvalue weighted by Crippen LogP contribution is 2.67. The molecule has 0 aromatic heterocycles. The third-order valence-corrected chi connectivity index (χ3v) is 11.8. The van der Waals surface area contributed by atoms with Gasteiger partial charge in [0.2, 0.25) is 5.91 Å². The number of carbonyl (C=O) groups is 3. The topological polar surface area (TPSA) is 149 Å². The Balaban J connectivity index is 1.19. The number of aliphatic hydroxyl groups is 2. The van der Waals surface area contributed by atoms with Crippen LogP contribution < -0.4 is 5.32 Å². The zero-order valence-electron chi connectivity index (χ0n) is 25.8. The van der Waals surface area contributed by atoms with Gasteiger partial charge in [0.1, 0.15) is 17.7 Å². The Morgan fingerprint density at radius 3 is 2.56 bits per heavy atom. The lowest BCUT2D eigenvalue weighted by atomic mass is 9.46. The monoisotopic (exact) mass is 597 g/mol. The lowest BCUT2D eigenvalue weighted by Gasteiger charge is -2.58. The summed E-state index contributed by atoms with van der Waals surface area (Å²) in [5.74, 6) is 1.75. The van der Waals surface area contributed by atoms with E-state index in [0.29, 0.717) is 24.2 Å². The van der Waals surface area contributed by atoms with E-state index in [1.807, 2.05) is 0 Å². The molecule has 10 heteroatoms. The second-order valence-corrected chi connectivity index (χ2v) is 14.4. The van der Waals surface area contributed by atoms with Gasteiger partial charge in [-0.15, -0.1) is 6.42 Å².